The molecule has 4 N–H and O–H groups in total. The number of piperidine rings is 1. The van der Waals surface area contributed by atoms with Crippen molar-refractivity contribution in [2.45, 2.75) is 123 Å². The van der Waals surface area contributed by atoms with Crippen LogP contribution in [0.5, 0.6) is 17.6 Å². The number of carbonyl (C=O) groups is 2. The minimum absolute atomic E-state index is 0.00949. The molecule has 4 fully saturated rings. The number of β-amino-alcohol motifs (C(OH)–C–C–N with tert-alkyl or cyclic N) is 1. The lowest BCUT2D eigenvalue weighted by atomic mass is 9.78. The largest absolute Gasteiger partial charge is 0.508 e. The molecule has 4 unspecified atom stereocenters. The minimum atomic E-state index is -0.847. The average Bonchev–Trinajstić information content (AvgIpc) is 4.28. The first-order chi connectivity index (χ1) is 38.1. The number of hydrogen-bond acceptors (Lipinski definition) is 16. The molecule has 7 aromatic rings. The highest BCUT2D eigenvalue weighted by atomic mass is 32.1. The number of nitrogens with zero attached hydrogens (tertiary/aromatic N) is 8. The number of phenolic OH excluding ortho intramolecular Hbond substituents is 1. The number of aromatic nitrogens is 5. The van der Waals surface area contributed by atoms with Gasteiger partial charge in [0.2, 0.25) is 11.8 Å². The number of halogens is 1. The van der Waals surface area contributed by atoms with Crippen molar-refractivity contribution in [2.75, 3.05) is 57.4 Å². The van der Waals surface area contributed by atoms with Gasteiger partial charge in [0.05, 0.1) is 40.2 Å². The number of pyridine rings is 1. The van der Waals surface area contributed by atoms with Crippen molar-refractivity contribution >= 4 is 50.6 Å². The summed E-state index contributed by atoms with van der Waals surface area (Å²) in [5.41, 5.74) is 6.60. The van der Waals surface area contributed by atoms with Crippen LogP contribution in [0.15, 0.2) is 76.9 Å². The number of anilines is 1. The molecule has 6 atom stereocenters. The van der Waals surface area contributed by atoms with E-state index in [-0.39, 0.29) is 65.1 Å². The Morgan fingerprint density at radius 2 is 1.76 bits per heavy atom. The predicted molar refractivity (Wildman–Crippen MR) is 302 cm³/mol. The predicted octanol–water partition coefficient (Wildman–Crippen LogP) is 9.14. The zero-order valence-electron chi connectivity index (χ0n) is 45.9. The van der Waals surface area contributed by atoms with E-state index in [0.717, 1.165) is 103 Å². The van der Waals surface area contributed by atoms with E-state index in [1.165, 1.54) is 4.90 Å². The lowest BCUT2D eigenvalue weighted by Crippen LogP contribution is -2.51. The van der Waals surface area contributed by atoms with E-state index in [0.29, 0.717) is 60.2 Å². The maximum atomic E-state index is 17.1. The quantitative estimate of drug-likeness (QED) is 0.0633. The lowest BCUT2D eigenvalue weighted by molar-refractivity contribution is -0.141. The molecular weight excluding hydrogens is 1020 g/mol. The number of benzene rings is 3. The molecule has 8 heterocycles. The van der Waals surface area contributed by atoms with Gasteiger partial charge in [-0.25, -0.2) is 9.37 Å². The fourth-order valence-corrected chi connectivity index (χ4v) is 13.1. The number of aliphatic hydroxyl groups excluding tert-OH is 1. The van der Waals surface area contributed by atoms with Gasteiger partial charge in [-0.15, -0.1) is 11.3 Å². The van der Waals surface area contributed by atoms with Crippen molar-refractivity contribution in [3.8, 4) is 39.3 Å². The molecule has 4 aliphatic heterocycles. The monoisotopic (exact) mass is 1090 g/mol. The Balaban J connectivity index is 0.693. The van der Waals surface area contributed by atoms with Gasteiger partial charge < -0.3 is 44.6 Å². The maximum absolute atomic E-state index is 17.1. The molecule has 17 nitrogen and oxygen atoms in total. The third kappa shape index (κ3) is 11.4. The van der Waals surface area contributed by atoms with Crippen LogP contribution in [0.1, 0.15) is 108 Å². The Morgan fingerprint density at radius 1 is 0.987 bits per heavy atom. The number of aromatic hydroxyl groups is 1. The summed E-state index contributed by atoms with van der Waals surface area (Å²) in [6.07, 6.45) is 6.50. The molecular formula is C60H71FN10O7S. The third-order valence-electron chi connectivity index (χ3n) is 16.9. The number of aryl methyl sites for hydroxylation is 2. The zero-order valence-corrected chi connectivity index (χ0v) is 46.7. The number of phenols is 1. The summed E-state index contributed by atoms with van der Waals surface area (Å²) in [7, 11) is 0. The van der Waals surface area contributed by atoms with Crippen LogP contribution in [0.3, 0.4) is 0 Å². The van der Waals surface area contributed by atoms with Crippen molar-refractivity contribution in [1.82, 2.24) is 45.5 Å². The van der Waals surface area contributed by atoms with Crippen LogP contribution in [0, 0.1) is 24.1 Å². The fraction of sp³-hybridized carbons (Fsp3) is 0.483. The fourth-order valence-electron chi connectivity index (χ4n) is 12.3. The Labute approximate surface area is 463 Å². The van der Waals surface area contributed by atoms with Crippen molar-refractivity contribution in [3.05, 3.63) is 101 Å². The van der Waals surface area contributed by atoms with E-state index in [1.807, 2.05) is 75.7 Å². The molecule has 11 rings (SSSR count). The number of thiazole rings is 1. The first-order valence-corrected chi connectivity index (χ1v) is 28.9. The molecule has 2 bridgehead atoms. The normalized spacial score (nSPS) is 21.0. The topological polar surface area (TPSA) is 204 Å². The van der Waals surface area contributed by atoms with Gasteiger partial charge >= 0.3 is 6.01 Å². The maximum Gasteiger partial charge on any atom is 0.319 e. The Hall–Kier alpha value is -6.80. The zero-order chi connectivity index (χ0) is 55.1. The molecule has 0 radical (unpaired) electrons. The first-order valence-electron chi connectivity index (χ1n) is 28.0. The van der Waals surface area contributed by atoms with Crippen LogP contribution in [0.4, 0.5) is 10.2 Å². The summed E-state index contributed by atoms with van der Waals surface area (Å²) in [5.74, 6) is -0.865. The van der Waals surface area contributed by atoms with Gasteiger partial charge in [-0.2, -0.15) is 9.97 Å². The van der Waals surface area contributed by atoms with Gasteiger partial charge in [0.25, 0.3) is 5.88 Å². The van der Waals surface area contributed by atoms with Crippen LogP contribution in [-0.4, -0.2) is 134 Å². The van der Waals surface area contributed by atoms with Gasteiger partial charge in [0.1, 0.15) is 41.3 Å². The van der Waals surface area contributed by atoms with E-state index in [1.54, 1.807) is 35.7 Å². The molecule has 2 amide bonds. The molecule has 3 aromatic carbocycles. The number of fused-ring (bicyclic) bond motifs is 4. The molecule has 4 saturated heterocycles. The number of rotatable bonds is 18. The summed E-state index contributed by atoms with van der Waals surface area (Å²) >= 11 is 1.59. The molecule has 4 aliphatic rings. The van der Waals surface area contributed by atoms with Crippen molar-refractivity contribution in [3.63, 3.8) is 0 Å². The number of hydrogen-bond donors (Lipinski definition) is 4. The summed E-state index contributed by atoms with van der Waals surface area (Å²) in [6.45, 7) is 16.7. The minimum Gasteiger partial charge on any atom is -0.508 e. The van der Waals surface area contributed by atoms with E-state index in [4.69, 9.17) is 28.9 Å². The van der Waals surface area contributed by atoms with E-state index >= 15 is 4.39 Å². The average molecular weight is 1100 g/mol. The SMILES string of the molecule is CCc1cccc2cc(O)cc(-c3ncc4c(N5CC6CCC(C5)N6)nc(OCCN5CCC(C)(CCOc6cc(C(C(=O)N7C[C@H](O)C[C@H]7C(=O)NC(C)c7ccc(-c8scnc8C)cc7)C(C)C)on6)CC5)nc4c3F)c12. The van der Waals surface area contributed by atoms with E-state index in [9.17, 15) is 19.8 Å². The van der Waals surface area contributed by atoms with Crippen LogP contribution in [-0.2, 0) is 16.0 Å². The Bertz CT molecular complexity index is 3330. The van der Waals surface area contributed by atoms with Crippen LogP contribution in [0.25, 0.3) is 43.4 Å². The van der Waals surface area contributed by atoms with Gasteiger partial charge in [-0.05, 0) is 122 Å². The van der Waals surface area contributed by atoms with E-state index in [2.05, 4.69) is 44.4 Å². The molecule has 0 spiro atoms. The second kappa shape index (κ2) is 22.7. The molecule has 0 saturated carbocycles. The number of amides is 2. The van der Waals surface area contributed by atoms with Gasteiger partial charge in [-0.3, -0.25) is 19.5 Å². The first kappa shape index (κ1) is 54.2. The smallest absolute Gasteiger partial charge is 0.319 e. The molecule has 79 heavy (non-hydrogen) atoms. The lowest BCUT2D eigenvalue weighted by Gasteiger charge is -2.39. The molecule has 19 heteroatoms. The summed E-state index contributed by atoms with van der Waals surface area (Å²) in [4.78, 5) is 54.0. The second-order valence-corrected chi connectivity index (χ2v) is 23.7. The van der Waals surface area contributed by atoms with Crippen molar-refractivity contribution in [2.24, 2.45) is 11.3 Å². The van der Waals surface area contributed by atoms with Gasteiger partial charge in [0.15, 0.2) is 11.6 Å². The number of aliphatic hydroxyl groups is 1. The van der Waals surface area contributed by atoms with Crippen LogP contribution >= 0.6 is 11.3 Å². The molecule has 416 valence electrons. The van der Waals surface area contributed by atoms with Gasteiger partial charge in [0, 0.05) is 62.5 Å². The second-order valence-electron chi connectivity index (χ2n) is 22.8. The summed E-state index contributed by atoms with van der Waals surface area (Å²) in [5, 5.41) is 34.7. The Morgan fingerprint density at radius 3 is 2.48 bits per heavy atom. The highest BCUT2D eigenvalue weighted by Gasteiger charge is 2.44. The molecule has 0 aliphatic carbocycles. The van der Waals surface area contributed by atoms with E-state index < -0.39 is 23.9 Å². The summed E-state index contributed by atoms with van der Waals surface area (Å²) in [6, 6.07) is 18.5. The van der Waals surface area contributed by atoms with Crippen molar-refractivity contribution in [1.29, 1.82) is 0 Å². The molecule has 4 aromatic heterocycles. The van der Waals surface area contributed by atoms with Crippen LogP contribution < -0.4 is 25.0 Å². The third-order valence-corrected chi connectivity index (χ3v) is 17.9. The number of piperazine rings is 1. The number of likely N-dealkylation sites (tertiary alicyclic amines) is 2. The highest BCUT2D eigenvalue weighted by Crippen LogP contribution is 2.41. The Kier molecular flexibility index (Phi) is 15.6. The van der Waals surface area contributed by atoms with Crippen LogP contribution in [0.2, 0.25) is 0 Å². The van der Waals surface area contributed by atoms with Gasteiger partial charge in [-0.1, -0.05) is 70.2 Å². The standard InChI is InChI=1S/C60H71FN10O7S/c1-7-37-9-8-10-40-25-43(72)26-45(51(37)40)53-52(61)54-46(29-62-53)56(70-30-41-15-16-42(31-70)65-41)67-59(66-54)77-24-22-69-20-17-60(6,18-21-69)19-23-76-49-28-48(78-68-49)50(34(2)3)58(75)71-32-44(73)27-47(71)57(74)64-35(4)38-11-13-39(14-12-38)55-36(5)63-33-79-55/h8-14,25-26,28-29,33-35,41-42,44,47,50,65,72-73H,7,15-24,27,30-32H2,1-6H3,(H,64,74)/t35?,41?,42?,44-,47+,50?/m1/s1. The number of ether oxygens (including phenoxy) is 2. The number of nitrogens with one attached hydrogen (secondary N) is 2. The highest BCUT2D eigenvalue weighted by molar-refractivity contribution is 7.13. The number of carbonyl (C=O) groups excluding carboxylic acids is 2. The summed E-state index contributed by atoms with van der Waals surface area (Å²) < 4.78 is 35.4. The van der Waals surface area contributed by atoms with Crippen molar-refractivity contribution < 1.29 is 38.2 Å².